The van der Waals surface area contributed by atoms with Gasteiger partial charge in [-0.3, -0.25) is 9.59 Å². The van der Waals surface area contributed by atoms with Crippen LogP contribution in [0.1, 0.15) is 51.5 Å². The number of amides is 2. The van der Waals surface area contributed by atoms with Crippen molar-refractivity contribution in [3.63, 3.8) is 0 Å². The van der Waals surface area contributed by atoms with Crippen LogP contribution in [0.15, 0.2) is 28.9 Å². The summed E-state index contributed by atoms with van der Waals surface area (Å²) in [6.45, 7) is 1.91. The number of carbonyl (C=O) groups is 2. The van der Waals surface area contributed by atoms with Gasteiger partial charge in [0.1, 0.15) is 0 Å². The first-order valence-electron chi connectivity index (χ1n) is 8.99. The van der Waals surface area contributed by atoms with E-state index < -0.39 is 0 Å². The molecule has 2 N–H and O–H groups in total. The molecule has 2 aromatic rings. The largest absolute Gasteiger partial charge is 0.459 e. The maximum Gasteiger partial charge on any atom is 0.291 e. The molecule has 4 heterocycles. The third kappa shape index (κ3) is 3.29. The summed E-state index contributed by atoms with van der Waals surface area (Å²) in [6.07, 6.45) is 5.93. The van der Waals surface area contributed by atoms with E-state index >= 15 is 0 Å². The highest BCUT2D eigenvalue weighted by atomic mass is 32.1. The Morgan fingerprint density at radius 3 is 2.69 bits per heavy atom. The van der Waals surface area contributed by atoms with Gasteiger partial charge in [0.05, 0.1) is 16.1 Å². The molecule has 2 bridgehead atoms. The lowest BCUT2D eigenvalue weighted by Gasteiger charge is -2.35. The van der Waals surface area contributed by atoms with Gasteiger partial charge in [0.2, 0.25) is 0 Å². The molecular weight excluding hydrogens is 350 g/mol. The monoisotopic (exact) mass is 373 g/mol. The van der Waals surface area contributed by atoms with E-state index in [-0.39, 0.29) is 23.6 Å². The molecule has 0 aromatic carbocycles. The zero-order valence-electron chi connectivity index (χ0n) is 15.0. The summed E-state index contributed by atoms with van der Waals surface area (Å²) in [4.78, 5) is 27.7. The van der Waals surface area contributed by atoms with Crippen molar-refractivity contribution in [1.82, 2.24) is 10.2 Å². The maximum absolute atomic E-state index is 13.0. The van der Waals surface area contributed by atoms with E-state index in [0.717, 1.165) is 18.4 Å². The molecule has 26 heavy (non-hydrogen) atoms. The van der Waals surface area contributed by atoms with E-state index in [2.05, 4.69) is 10.6 Å². The van der Waals surface area contributed by atoms with E-state index in [4.69, 9.17) is 4.42 Å². The van der Waals surface area contributed by atoms with Crippen LogP contribution in [-0.4, -0.2) is 41.9 Å². The quantitative estimate of drug-likeness (QED) is 0.863. The highest BCUT2D eigenvalue weighted by molar-refractivity contribution is 7.18. The molecule has 138 valence electrons. The molecule has 0 saturated carbocycles. The summed E-state index contributed by atoms with van der Waals surface area (Å²) in [7, 11) is 1.90. The minimum absolute atomic E-state index is 0.0392. The van der Waals surface area contributed by atoms with Crippen LogP contribution in [0.5, 0.6) is 0 Å². The predicted molar refractivity (Wildman–Crippen MR) is 101 cm³/mol. The molecule has 2 aliphatic heterocycles. The van der Waals surface area contributed by atoms with Crippen molar-refractivity contribution in [1.29, 1.82) is 0 Å². The molecular formula is C19H23N3O3S. The number of aryl methyl sites for hydroxylation is 1. The fraction of sp³-hybridized carbons (Fsp3) is 0.474. The standard InChI is InChI=1S/C19H23N3O3S/c1-11-8-16(21-18(23)15-4-3-7-25-15)26-17(11)19(24)22(2)14-9-12-5-6-13(10-14)20-12/h3-4,7-8,12-14,20H,5-6,9-10H2,1-2H3,(H,21,23). The highest BCUT2D eigenvalue weighted by Crippen LogP contribution is 2.32. The summed E-state index contributed by atoms with van der Waals surface area (Å²) >= 11 is 1.32. The number of rotatable bonds is 4. The topological polar surface area (TPSA) is 74.6 Å². The van der Waals surface area contributed by atoms with Crippen molar-refractivity contribution in [3.8, 4) is 0 Å². The van der Waals surface area contributed by atoms with Gasteiger partial charge in [0.25, 0.3) is 11.8 Å². The minimum atomic E-state index is -0.307. The number of nitrogens with one attached hydrogen (secondary N) is 2. The smallest absolute Gasteiger partial charge is 0.291 e. The lowest BCUT2D eigenvalue weighted by molar-refractivity contribution is 0.0686. The zero-order valence-corrected chi connectivity index (χ0v) is 15.8. The number of hydrogen-bond acceptors (Lipinski definition) is 5. The Morgan fingerprint density at radius 1 is 1.31 bits per heavy atom. The number of thiophene rings is 1. The molecule has 0 aliphatic carbocycles. The second-order valence-corrected chi connectivity index (χ2v) is 8.29. The van der Waals surface area contributed by atoms with Crippen LogP contribution in [0.2, 0.25) is 0 Å². The summed E-state index contributed by atoms with van der Waals surface area (Å²) < 4.78 is 5.11. The maximum atomic E-state index is 13.0. The molecule has 0 spiro atoms. The molecule has 2 saturated heterocycles. The van der Waals surface area contributed by atoms with Gasteiger partial charge in [-0.25, -0.2) is 0 Å². The second-order valence-electron chi connectivity index (χ2n) is 7.23. The number of carbonyl (C=O) groups excluding carboxylic acids is 2. The van der Waals surface area contributed by atoms with E-state index in [1.165, 1.54) is 30.4 Å². The molecule has 2 fully saturated rings. The molecule has 2 amide bonds. The van der Waals surface area contributed by atoms with Crippen LogP contribution in [-0.2, 0) is 0 Å². The number of hydrogen-bond donors (Lipinski definition) is 2. The van der Waals surface area contributed by atoms with Gasteiger partial charge in [-0.05, 0) is 56.4 Å². The number of piperidine rings is 1. The van der Waals surface area contributed by atoms with Gasteiger partial charge in [-0.1, -0.05) is 0 Å². The Bertz CT molecular complexity index is 802. The predicted octanol–water partition coefficient (Wildman–Crippen LogP) is 3.26. The minimum Gasteiger partial charge on any atom is -0.459 e. The third-order valence-corrected chi connectivity index (χ3v) is 6.55. The molecule has 2 atom stereocenters. The molecule has 2 aliphatic rings. The number of anilines is 1. The van der Waals surface area contributed by atoms with Gasteiger partial charge >= 0.3 is 0 Å². The van der Waals surface area contributed by atoms with Crippen LogP contribution < -0.4 is 10.6 Å². The first kappa shape index (κ1) is 17.3. The molecule has 2 aromatic heterocycles. The fourth-order valence-corrected chi connectivity index (χ4v) is 5.06. The van der Waals surface area contributed by atoms with Crippen molar-refractivity contribution in [2.45, 2.75) is 50.7 Å². The second kappa shape index (κ2) is 6.89. The van der Waals surface area contributed by atoms with Gasteiger partial charge in [-0.2, -0.15) is 0 Å². The van der Waals surface area contributed by atoms with Gasteiger partial charge in [-0.15, -0.1) is 11.3 Å². The summed E-state index contributed by atoms with van der Waals surface area (Å²) in [5.41, 5.74) is 0.888. The first-order chi connectivity index (χ1) is 12.5. The fourth-order valence-electron chi connectivity index (χ4n) is 4.01. The first-order valence-corrected chi connectivity index (χ1v) is 9.81. The normalized spacial score (nSPS) is 24.5. The molecule has 6 nitrogen and oxygen atoms in total. The number of fused-ring (bicyclic) bond motifs is 2. The number of nitrogens with zero attached hydrogens (tertiary/aromatic N) is 1. The third-order valence-electron chi connectivity index (χ3n) is 5.41. The Labute approximate surface area is 156 Å². The Balaban J connectivity index is 1.46. The van der Waals surface area contributed by atoms with Gasteiger partial charge in [0, 0.05) is 25.2 Å². The van der Waals surface area contributed by atoms with Crippen LogP contribution in [0.3, 0.4) is 0 Å². The average Bonchev–Trinajstić information content (AvgIpc) is 3.34. The van der Waals surface area contributed by atoms with Gasteiger partial charge < -0.3 is 20.0 Å². The Hall–Kier alpha value is -2.12. The lowest BCUT2D eigenvalue weighted by Crippen LogP contribution is -2.48. The Kier molecular flexibility index (Phi) is 4.58. The van der Waals surface area contributed by atoms with Crippen LogP contribution in [0.4, 0.5) is 5.00 Å². The number of furan rings is 1. The van der Waals surface area contributed by atoms with Crippen LogP contribution in [0.25, 0.3) is 0 Å². The van der Waals surface area contributed by atoms with Crippen molar-refractivity contribution < 1.29 is 14.0 Å². The molecule has 2 unspecified atom stereocenters. The van der Waals surface area contributed by atoms with Crippen molar-refractivity contribution in [2.24, 2.45) is 0 Å². The summed E-state index contributed by atoms with van der Waals surface area (Å²) in [6, 6.07) is 6.50. The van der Waals surface area contributed by atoms with Gasteiger partial charge in [0.15, 0.2) is 5.76 Å². The van der Waals surface area contributed by atoms with Crippen LogP contribution in [0, 0.1) is 6.92 Å². The summed E-state index contributed by atoms with van der Waals surface area (Å²) in [5.74, 6) is -0.0120. The Morgan fingerprint density at radius 2 is 2.04 bits per heavy atom. The van der Waals surface area contributed by atoms with E-state index in [1.54, 1.807) is 12.1 Å². The van der Waals surface area contributed by atoms with E-state index in [0.29, 0.717) is 22.0 Å². The van der Waals surface area contributed by atoms with E-state index in [1.807, 2.05) is 24.9 Å². The zero-order chi connectivity index (χ0) is 18.3. The summed E-state index contributed by atoms with van der Waals surface area (Å²) in [5, 5.41) is 7.08. The average molecular weight is 373 g/mol. The van der Waals surface area contributed by atoms with Crippen molar-refractivity contribution in [2.75, 3.05) is 12.4 Å². The van der Waals surface area contributed by atoms with E-state index in [9.17, 15) is 9.59 Å². The molecule has 7 heteroatoms. The molecule has 4 rings (SSSR count). The van der Waals surface area contributed by atoms with Crippen molar-refractivity contribution >= 4 is 28.2 Å². The SMILES string of the molecule is Cc1cc(NC(=O)c2ccco2)sc1C(=O)N(C)C1CC2CCC(C1)N2. The highest BCUT2D eigenvalue weighted by Gasteiger charge is 2.37. The lowest BCUT2D eigenvalue weighted by atomic mass is 9.98. The van der Waals surface area contributed by atoms with Crippen LogP contribution >= 0.6 is 11.3 Å². The van der Waals surface area contributed by atoms with Crippen molar-refractivity contribution in [3.05, 3.63) is 40.7 Å². The molecule has 0 radical (unpaired) electrons.